The summed E-state index contributed by atoms with van der Waals surface area (Å²) in [6.45, 7) is 8.56. The van der Waals surface area contributed by atoms with Crippen molar-refractivity contribution in [1.82, 2.24) is 14.9 Å². The monoisotopic (exact) mass is 276 g/mol. The molecule has 0 radical (unpaired) electrons. The van der Waals surface area contributed by atoms with Crippen LogP contribution in [0.25, 0.3) is 0 Å². The Hall–Kier alpha value is -1.20. The maximum Gasteiger partial charge on any atom is 0.225 e. The third-order valence-corrected chi connectivity index (χ3v) is 4.15. The molecule has 3 rings (SSSR count). The average molecular weight is 276 g/mol. The molecule has 2 aliphatic rings. The van der Waals surface area contributed by atoms with Crippen LogP contribution in [0, 0.1) is 0 Å². The second-order valence-corrected chi connectivity index (χ2v) is 6.01. The molecule has 3 unspecified atom stereocenters. The van der Waals surface area contributed by atoms with E-state index >= 15 is 0 Å². The second-order valence-electron chi connectivity index (χ2n) is 6.01. The van der Waals surface area contributed by atoms with Crippen LogP contribution in [0.2, 0.25) is 0 Å². The van der Waals surface area contributed by atoms with Gasteiger partial charge in [-0.3, -0.25) is 4.90 Å². The Kier molecular flexibility index (Phi) is 4.17. The predicted molar refractivity (Wildman–Crippen MR) is 78.8 cm³/mol. The van der Waals surface area contributed by atoms with Crippen LogP contribution in [0.1, 0.15) is 26.7 Å². The van der Waals surface area contributed by atoms with Gasteiger partial charge in [0, 0.05) is 44.6 Å². The van der Waals surface area contributed by atoms with Gasteiger partial charge >= 0.3 is 0 Å². The maximum atomic E-state index is 5.81. The van der Waals surface area contributed by atoms with Gasteiger partial charge in [0.1, 0.15) is 0 Å². The van der Waals surface area contributed by atoms with Gasteiger partial charge in [-0.25, -0.2) is 9.97 Å². The Balaban J connectivity index is 1.64. The first-order valence-electron chi connectivity index (χ1n) is 7.64. The molecule has 0 bridgehead atoms. The van der Waals surface area contributed by atoms with Crippen LogP contribution < -0.4 is 4.90 Å². The molecule has 3 heterocycles. The van der Waals surface area contributed by atoms with E-state index in [2.05, 4.69) is 33.6 Å². The van der Waals surface area contributed by atoms with Crippen LogP contribution in [0.3, 0.4) is 0 Å². The van der Waals surface area contributed by atoms with Crippen molar-refractivity contribution in [2.45, 2.75) is 44.9 Å². The summed E-state index contributed by atoms with van der Waals surface area (Å²) >= 11 is 0. The number of ether oxygens (including phenoxy) is 1. The fourth-order valence-electron chi connectivity index (χ4n) is 3.46. The summed E-state index contributed by atoms with van der Waals surface area (Å²) in [7, 11) is 0. The minimum atomic E-state index is 0.335. The Bertz CT molecular complexity index is 417. The predicted octanol–water partition coefficient (Wildman–Crippen LogP) is 1.55. The molecule has 0 aromatic carbocycles. The van der Waals surface area contributed by atoms with E-state index in [-0.39, 0.29) is 0 Å². The van der Waals surface area contributed by atoms with E-state index in [0.29, 0.717) is 18.2 Å². The van der Waals surface area contributed by atoms with Crippen LogP contribution in [0.4, 0.5) is 5.95 Å². The van der Waals surface area contributed by atoms with E-state index in [0.717, 1.165) is 32.1 Å². The van der Waals surface area contributed by atoms with E-state index in [9.17, 15) is 0 Å². The van der Waals surface area contributed by atoms with Crippen LogP contribution in [-0.2, 0) is 4.74 Å². The van der Waals surface area contributed by atoms with Crippen molar-refractivity contribution in [3.05, 3.63) is 18.5 Å². The molecule has 0 N–H and O–H groups in total. The molecule has 2 aliphatic heterocycles. The largest absolute Gasteiger partial charge is 0.373 e. The van der Waals surface area contributed by atoms with Gasteiger partial charge in [-0.15, -0.1) is 0 Å². The van der Waals surface area contributed by atoms with Gasteiger partial charge in [-0.2, -0.15) is 0 Å². The molecule has 5 heteroatoms. The molecule has 5 nitrogen and oxygen atoms in total. The summed E-state index contributed by atoms with van der Waals surface area (Å²) in [4.78, 5) is 13.7. The lowest BCUT2D eigenvalue weighted by molar-refractivity contribution is -0.0690. The molecular weight excluding hydrogens is 252 g/mol. The lowest BCUT2D eigenvalue weighted by Gasteiger charge is -2.38. The van der Waals surface area contributed by atoms with Crippen molar-refractivity contribution in [3.63, 3.8) is 0 Å². The third-order valence-electron chi connectivity index (χ3n) is 4.15. The second kappa shape index (κ2) is 6.06. The summed E-state index contributed by atoms with van der Waals surface area (Å²) in [5.74, 6) is 0.879. The number of aromatic nitrogens is 2. The first kappa shape index (κ1) is 13.8. The van der Waals surface area contributed by atoms with Gasteiger partial charge in [0.15, 0.2) is 0 Å². The first-order chi connectivity index (χ1) is 9.72. The molecule has 20 heavy (non-hydrogen) atoms. The molecule has 2 fully saturated rings. The Morgan fingerprint density at radius 1 is 1.20 bits per heavy atom. The van der Waals surface area contributed by atoms with E-state index in [1.165, 1.54) is 12.8 Å². The summed E-state index contributed by atoms with van der Waals surface area (Å²) in [6.07, 6.45) is 6.80. The van der Waals surface area contributed by atoms with Crippen LogP contribution in [-0.4, -0.2) is 59.3 Å². The minimum absolute atomic E-state index is 0.335. The zero-order valence-electron chi connectivity index (χ0n) is 12.4. The highest BCUT2D eigenvalue weighted by molar-refractivity contribution is 5.32. The number of rotatable bonds is 3. The third kappa shape index (κ3) is 3.10. The van der Waals surface area contributed by atoms with E-state index in [4.69, 9.17) is 4.74 Å². The van der Waals surface area contributed by atoms with Crippen molar-refractivity contribution in [1.29, 1.82) is 0 Å². The number of nitrogens with zero attached hydrogens (tertiary/aromatic N) is 4. The van der Waals surface area contributed by atoms with Crippen molar-refractivity contribution in [2.24, 2.45) is 0 Å². The van der Waals surface area contributed by atoms with Crippen molar-refractivity contribution < 1.29 is 4.74 Å². The lowest BCUT2D eigenvalue weighted by Crippen LogP contribution is -2.50. The Labute approximate surface area is 121 Å². The summed E-state index contributed by atoms with van der Waals surface area (Å²) in [6, 6.07) is 2.41. The van der Waals surface area contributed by atoms with Gasteiger partial charge in [0.05, 0.1) is 12.2 Å². The van der Waals surface area contributed by atoms with Crippen LogP contribution in [0.15, 0.2) is 18.5 Å². The highest BCUT2D eigenvalue weighted by atomic mass is 16.5. The van der Waals surface area contributed by atoms with Crippen molar-refractivity contribution in [2.75, 3.05) is 31.1 Å². The fraction of sp³-hybridized carbons (Fsp3) is 0.733. The molecule has 1 aromatic heterocycles. The number of hydrogen-bond donors (Lipinski definition) is 0. The molecule has 2 saturated heterocycles. The van der Waals surface area contributed by atoms with Gasteiger partial charge in [0.25, 0.3) is 0 Å². The molecule has 1 aromatic rings. The number of morpholine rings is 1. The average Bonchev–Trinajstić information content (AvgIpc) is 2.86. The topological polar surface area (TPSA) is 41.5 Å². The molecule has 110 valence electrons. The minimum Gasteiger partial charge on any atom is -0.373 e. The highest BCUT2D eigenvalue weighted by Crippen LogP contribution is 2.23. The zero-order valence-corrected chi connectivity index (χ0v) is 12.4. The quantitative estimate of drug-likeness (QED) is 0.838. The molecule has 0 aliphatic carbocycles. The standard InChI is InChI=1S/C15H24N4O/c1-12-9-18(10-13(2)20-12)11-14-5-3-8-19(14)15-16-6-4-7-17-15/h4,6-7,12-14H,3,5,8-11H2,1-2H3. The maximum absolute atomic E-state index is 5.81. The van der Waals surface area contributed by atoms with Gasteiger partial charge in [-0.05, 0) is 32.8 Å². The SMILES string of the molecule is CC1CN(CC2CCCN2c2ncccn2)CC(C)O1. The van der Waals surface area contributed by atoms with Crippen molar-refractivity contribution >= 4 is 5.95 Å². The molecular formula is C15H24N4O. The summed E-state index contributed by atoms with van der Waals surface area (Å²) in [5.41, 5.74) is 0. The Morgan fingerprint density at radius 3 is 2.60 bits per heavy atom. The van der Waals surface area contributed by atoms with E-state index < -0.39 is 0 Å². The normalized spacial score (nSPS) is 31.7. The number of anilines is 1. The van der Waals surface area contributed by atoms with Crippen LogP contribution >= 0.6 is 0 Å². The van der Waals surface area contributed by atoms with Crippen molar-refractivity contribution in [3.8, 4) is 0 Å². The molecule has 3 atom stereocenters. The van der Waals surface area contributed by atoms with E-state index in [1.807, 2.05) is 18.5 Å². The van der Waals surface area contributed by atoms with Crippen LogP contribution in [0.5, 0.6) is 0 Å². The fourth-order valence-corrected chi connectivity index (χ4v) is 3.46. The molecule has 0 saturated carbocycles. The summed E-state index contributed by atoms with van der Waals surface area (Å²) < 4.78 is 5.81. The molecule has 0 amide bonds. The van der Waals surface area contributed by atoms with Gasteiger partial charge in [-0.1, -0.05) is 0 Å². The first-order valence-corrected chi connectivity index (χ1v) is 7.64. The smallest absolute Gasteiger partial charge is 0.225 e. The molecule has 0 spiro atoms. The van der Waals surface area contributed by atoms with Gasteiger partial charge in [0.2, 0.25) is 5.95 Å². The number of hydrogen-bond acceptors (Lipinski definition) is 5. The lowest BCUT2D eigenvalue weighted by atomic mass is 10.1. The van der Waals surface area contributed by atoms with Gasteiger partial charge < -0.3 is 9.64 Å². The zero-order chi connectivity index (χ0) is 13.9. The van der Waals surface area contributed by atoms with E-state index in [1.54, 1.807) is 0 Å². The summed E-state index contributed by atoms with van der Waals surface area (Å²) in [5, 5.41) is 0. The highest BCUT2D eigenvalue weighted by Gasteiger charge is 2.30. The Morgan fingerprint density at radius 2 is 1.90 bits per heavy atom.